The molecular weight excluding hydrogens is 305 g/mol. The second-order valence-electron chi connectivity index (χ2n) is 4.51. The summed E-state index contributed by atoms with van der Waals surface area (Å²) in [6, 6.07) is 14.8. The van der Waals surface area contributed by atoms with Gasteiger partial charge < -0.3 is 5.73 Å². The molecule has 0 amide bonds. The Morgan fingerprint density at radius 1 is 0.857 bits per heavy atom. The van der Waals surface area contributed by atoms with Gasteiger partial charge in [-0.3, -0.25) is 4.98 Å². The quantitative estimate of drug-likeness (QED) is 0.745. The third kappa shape index (κ3) is 2.99. The summed E-state index contributed by atoms with van der Waals surface area (Å²) >= 11 is 12.0. The highest BCUT2D eigenvalue weighted by atomic mass is 35.5. The van der Waals surface area contributed by atoms with Crippen LogP contribution in [-0.2, 0) is 0 Å². The van der Waals surface area contributed by atoms with Crippen LogP contribution in [-0.4, -0.2) is 9.97 Å². The number of anilines is 1. The number of hydrogen-bond donors (Lipinski definition) is 1. The summed E-state index contributed by atoms with van der Waals surface area (Å²) in [6.45, 7) is 0. The standard InChI is InChI=1S/C16H11Cl2N3/c17-12-5-1-3-10(7-12)14-9-20-15(16(19)21-14)11-4-2-6-13(18)8-11/h1-9H,(H2,19,21). The minimum absolute atomic E-state index is 0.356. The second-order valence-corrected chi connectivity index (χ2v) is 5.38. The third-order valence-electron chi connectivity index (χ3n) is 3.02. The van der Waals surface area contributed by atoms with Crippen LogP contribution in [0.25, 0.3) is 22.5 Å². The number of hydrogen-bond acceptors (Lipinski definition) is 3. The van der Waals surface area contributed by atoms with Crippen LogP contribution in [0.2, 0.25) is 10.0 Å². The molecule has 21 heavy (non-hydrogen) atoms. The lowest BCUT2D eigenvalue weighted by Gasteiger charge is -2.07. The van der Waals surface area contributed by atoms with Gasteiger partial charge >= 0.3 is 0 Å². The lowest BCUT2D eigenvalue weighted by Crippen LogP contribution is -1.99. The van der Waals surface area contributed by atoms with Crippen LogP contribution < -0.4 is 5.73 Å². The van der Waals surface area contributed by atoms with Crippen LogP contribution in [0.4, 0.5) is 5.82 Å². The Labute approximate surface area is 132 Å². The molecule has 2 aromatic carbocycles. The molecule has 0 bridgehead atoms. The first-order chi connectivity index (χ1) is 10.1. The van der Waals surface area contributed by atoms with Crippen molar-refractivity contribution in [1.29, 1.82) is 0 Å². The first-order valence-electron chi connectivity index (χ1n) is 6.28. The zero-order valence-electron chi connectivity index (χ0n) is 10.9. The predicted octanol–water partition coefficient (Wildman–Crippen LogP) is 4.70. The van der Waals surface area contributed by atoms with Crippen LogP contribution in [0, 0.1) is 0 Å². The van der Waals surface area contributed by atoms with Crippen molar-refractivity contribution >= 4 is 29.0 Å². The van der Waals surface area contributed by atoms with Gasteiger partial charge in [-0.1, -0.05) is 47.5 Å². The van der Waals surface area contributed by atoms with E-state index < -0.39 is 0 Å². The average Bonchev–Trinajstić information content (AvgIpc) is 2.47. The Morgan fingerprint density at radius 2 is 1.48 bits per heavy atom. The summed E-state index contributed by atoms with van der Waals surface area (Å²) in [5.41, 5.74) is 9.04. The summed E-state index contributed by atoms with van der Waals surface area (Å²) in [6.07, 6.45) is 1.68. The van der Waals surface area contributed by atoms with Gasteiger partial charge in [-0.05, 0) is 24.3 Å². The molecule has 0 unspecified atom stereocenters. The molecule has 2 N–H and O–H groups in total. The van der Waals surface area contributed by atoms with Crippen molar-refractivity contribution in [3.63, 3.8) is 0 Å². The van der Waals surface area contributed by atoms with Gasteiger partial charge in [0.15, 0.2) is 5.82 Å². The van der Waals surface area contributed by atoms with E-state index in [-0.39, 0.29) is 0 Å². The van der Waals surface area contributed by atoms with Crippen LogP contribution in [0.15, 0.2) is 54.7 Å². The van der Waals surface area contributed by atoms with Crippen LogP contribution in [0.1, 0.15) is 0 Å². The van der Waals surface area contributed by atoms with E-state index >= 15 is 0 Å². The largest absolute Gasteiger partial charge is 0.382 e. The number of aromatic nitrogens is 2. The van der Waals surface area contributed by atoms with Crippen molar-refractivity contribution in [2.24, 2.45) is 0 Å². The van der Waals surface area contributed by atoms with E-state index in [0.29, 0.717) is 27.3 Å². The molecule has 0 atom stereocenters. The van der Waals surface area contributed by atoms with Crippen molar-refractivity contribution in [2.45, 2.75) is 0 Å². The molecule has 1 aromatic heterocycles. The second kappa shape index (κ2) is 5.72. The van der Waals surface area contributed by atoms with Crippen molar-refractivity contribution in [3.05, 3.63) is 64.8 Å². The molecule has 0 aliphatic carbocycles. The molecule has 104 valence electrons. The minimum Gasteiger partial charge on any atom is -0.382 e. The Kier molecular flexibility index (Phi) is 3.78. The van der Waals surface area contributed by atoms with Gasteiger partial charge in [0, 0.05) is 21.2 Å². The fourth-order valence-electron chi connectivity index (χ4n) is 2.05. The molecule has 0 aliphatic rings. The van der Waals surface area contributed by atoms with Crippen molar-refractivity contribution in [3.8, 4) is 22.5 Å². The highest BCUT2D eigenvalue weighted by molar-refractivity contribution is 6.31. The van der Waals surface area contributed by atoms with E-state index in [1.54, 1.807) is 18.3 Å². The summed E-state index contributed by atoms with van der Waals surface area (Å²) in [7, 11) is 0. The Balaban J connectivity index is 2.04. The molecule has 0 saturated heterocycles. The van der Waals surface area contributed by atoms with Gasteiger partial charge in [0.05, 0.1) is 11.9 Å². The monoisotopic (exact) mass is 315 g/mol. The lowest BCUT2D eigenvalue weighted by atomic mass is 10.1. The molecule has 1 heterocycles. The summed E-state index contributed by atoms with van der Waals surface area (Å²) < 4.78 is 0. The number of nitrogen functional groups attached to an aromatic ring is 1. The molecule has 0 aliphatic heterocycles. The maximum Gasteiger partial charge on any atom is 0.150 e. The molecule has 3 nitrogen and oxygen atoms in total. The van der Waals surface area contributed by atoms with Gasteiger partial charge in [0.25, 0.3) is 0 Å². The summed E-state index contributed by atoms with van der Waals surface area (Å²) in [5.74, 6) is 0.356. The number of benzene rings is 2. The third-order valence-corrected chi connectivity index (χ3v) is 3.49. The van der Waals surface area contributed by atoms with Gasteiger partial charge in [0.1, 0.15) is 5.69 Å². The van der Waals surface area contributed by atoms with Crippen LogP contribution in [0.3, 0.4) is 0 Å². The van der Waals surface area contributed by atoms with E-state index in [2.05, 4.69) is 9.97 Å². The van der Waals surface area contributed by atoms with E-state index in [9.17, 15) is 0 Å². The number of rotatable bonds is 2. The van der Waals surface area contributed by atoms with Crippen molar-refractivity contribution < 1.29 is 0 Å². The van der Waals surface area contributed by atoms with Crippen LogP contribution >= 0.6 is 23.2 Å². The van der Waals surface area contributed by atoms with Crippen molar-refractivity contribution in [1.82, 2.24) is 9.97 Å². The minimum atomic E-state index is 0.356. The van der Waals surface area contributed by atoms with E-state index in [0.717, 1.165) is 11.1 Å². The number of halogens is 2. The molecule has 0 radical (unpaired) electrons. The topological polar surface area (TPSA) is 51.8 Å². The molecule has 0 saturated carbocycles. The van der Waals surface area contributed by atoms with Gasteiger partial charge in [0.2, 0.25) is 0 Å². The Bertz CT molecular complexity index is 803. The molecule has 3 rings (SSSR count). The normalized spacial score (nSPS) is 10.6. The average molecular weight is 316 g/mol. The van der Waals surface area contributed by atoms with Gasteiger partial charge in [-0.15, -0.1) is 0 Å². The highest BCUT2D eigenvalue weighted by Gasteiger charge is 2.09. The lowest BCUT2D eigenvalue weighted by molar-refractivity contribution is 1.22. The number of nitrogens with two attached hydrogens (primary N) is 1. The fourth-order valence-corrected chi connectivity index (χ4v) is 2.43. The van der Waals surface area contributed by atoms with Crippen LogP contribution in [0.5, 0.6) is 0 Å². The molecule has 3 aromatic rings. The van der Waals surface area contributed by atoms with Gasteiger partial charge in [-0.2, -0.15) is 0 Å². The summed E-state index contributed by atoms with van der Waals surface area (Å²) in [4.78, 5) is 8.81. The van der Waals surface area contributed by atoms with Crippen molar-refractivity contribution in [2.75, 3.05) is 5.73 Å². The summed E-state index contributed by atoms with van der Waals surface area (Å²) in [5, 5.41) is 1.28. The number of nitrogens with zero attached hydrogens (tertiary/aromatic N) is 2. The SMILES string of the molecule is Nc1nc(-c2cccc(Cl)c2)cnc1-c1cccc(Cl)c1. The maximum atomic E-state index is 6.03. The first kappa shape index (κ1) is 13.9. The predicted molar refractivity (Wildman–Crippen MR) is 87.3 cm³/mol. The zero-order valence-corrected chi connectivity index (χ0v) is 12.4. The van der Waals surface area contributed by atoms with E-state index in [1.807, 2.05) is 36.4 Å². The highest BCUT2D eigenvalue weighted by Crippen LogP contribution is 2.27. The Hall–Kier alpha value is -2.10. The molecule has 0 spiro atoms. The first-order valence-corrected chi connectivity index (χ1v) is 7.03. The smallest absolute Gasteiger partial charge is 0.150 e. The molecule has 0 fully saturated rings. The zero-order chi connectivity index (χ0) is 14.8. The van der Waals surface area contributed by atoms with Gasteiger partial charge in [-0.25, -0.2) is 4.98 Å². The maximum absolute atomic E-state index is 6.03. The fraction of sp³-hybridized carbons (Fsp3) is 0. The van der Waals surface area contributed by atoms with E-state index in [4.69, 9.17) is 28.9 Å². The van der Waals surface area contributed by atoms with E-state index in [1.165, 1.54) is 0 Å². The molecule has 5 heteroatoms. The Morgan fingerprint density at radius 3 is 2.10 bits per heavy atom. The molecular formula is C16H11Cl2N3.